The van der Waals surface area contributed by atoms with Gasteiger partial charge in [0.05, 0.1) is 0 Å². The molecule has 0 fully saturated rings. The Morgan fingerprint density at radius 1 is 1.32 bits per heavy atom. The fraction of sp³-hybridized carbons (Fsp3) is 0.467. The Balaban J connectivity index is 2.06. The summed E-state index contributed by atoms with van der Waals surface area (Å²) in [4.78, 5) is 24.7. The number of amides is 1. The van der Waals surface area contributed by atoms with Gasteiger partial charge in [-0.2, -0.15) is 0 Å². The largest absolute Gasteiger partial charge is 0.481 e. The summed E-state index contributed by atoms with van der Waals surface area (Å²) in [5.74, 6) is -0.945. The summed E-state index contributed by atoms with van der Waals surface area (Å²) in [7, 11) is 0. The van der Waals surface area contributed by atoms with E-state index in [2.05, 4.69) is 6.07 Å². The molecule has 0 aromatic heterocycles. The van der Waals surface area contributed by atoms with E-state index in [4.69, 9.17) is 5.11 Å². The van der Waals surface area contributed by atoms with Crippen LogP contribution in [0.2, 0.25) is 0 Å². The van der Waals surface area contributed by atoms with Gasteiger partial charge >= 0.3 is 5.97 Å². The highest BCUT2D eigenvalue weighted by Crippen LogP contribution is 2.27. The van der Waals surface area contributed by atoms with Gasteiger partial charge in [0.25, 0.3) is 0 Å². The van der Waals surface area contributed by atoms with Crippen molar-refractivity contribution in [3.63, 3.8) is 0 Å². The number of carboxylic acid groups (broad SMARTS) is 1. The van der Waals surface area contributed by atoms with Crippen molar-refractivity contribution < 1.29 is 14.7 Å². The van der Waals surface area contributed by atoms with Crippen LogP contribution in [0.1, 0.15) is 31.7 Å². The molecule has 4 heteroatoms. The van der Waals surface area contributed by atoms with Crippen molar-refractivity contribution in [2.75, 3.05) is 11.4 Å². The number of carboxylic acids is 1. The molecule has 2 rings (SSSR count). The van der Waals surface area contributed by atoms with Crippen LogP contribution in [0, 0.1) is 5.92 Å². The number of carbonyl (C=O) groups excluding carboxylic acids is 1. The van der Waals surface area contributed by atoms with Crippen molar-refractivity contribution in [3.05, 3.63) is 29.8 Å². The summed E-state index contributed by atoms with van der Waals surface area (Å²) in [5, 5.41) is 8.74. The number of aliphatic carboxylic acids is 1. The number of nitrogens with zero attached hydrogens (tertiary/aromatic N) is 1. The lowest BCUT2D eigenvalue weighted by Gasteiger charge is -2.30. The van der Waals surface area contributed by atoms with Gasteiger partial charge in [0, 0.05) is 25.1 Å². The molecule has 1 aromatic carbocycles. The van der Waals surface area contributed by atoms with Crippen LogP contribution in [0.15, 0.2) is 24.3 Å². The van der Waals surface area contributed by atoms with E-state index in [0.717, 1.165) is 25.1 Å². The van der Waals surface area contributed by atoms with E-state index in [9.17, 15) is 9.59 Å². The second-order valence-corrected chi connectivity index (χ2v) is 5.18. The second kappa shape index (κ2) is 5.87. The van der Waals surface area contributed by atoms with Crippen LogP contribution < -0.4 is 4.90 Å². The molecule has 0 aliphatic carbocycles. The SMILES string of the molecule is CC(CC(=O)O)CC(=O)N1CCCc2ccccc21. The molecule has 1 amide bonds. The molecule has 0 bridgehead atoms. The fourth-order valence-corrected chi connectivity index (χ4v) is 2.57. The Hall–Kier alpha value is -1.84. The Bertz CT molecular complexity index is 484. The normalized spacial score (nSPS) is 15.7. The molecule has 0 radical (unpaired) electrons. The summed E-state index contributed by atoms with van der Waals surface area (Å²) < 4.78 is 0. The first-order valence-electron chi connectivity index (χ1n) is 6.68. The molecule has 4 nitrogen and oxygen atoms in total. The number of rotatable bonds is 4. The van der Waals surface area contributed by atoms with E-state index in [1.165, 1.54) is 5.56 Å². The maximum atomic E-state index is 12.3. The zero-order chi connectivity index (χ0) is 13.8. The predicted molar refractivity (Wildman–Crippen MR) is 73.1 cm³/mol. The van der Waals surface area contributed by atoms with Gasteiger partial charge in [-0.3, -0.25) is 9.59 Å². The van der Waals surface area contributed by atoms with Crippen LogP contribution in [0.5, 0.6) is 0 Å². The highest BCUT2D eigenvalue weighted by Gasteiger charge is 2.23. The van der Waals surface area contributed by atoms with E-state index in [-0.39, 0.29) is 18.2 Å². The van der Waals surface area contributed by atoms with Crippen LogP contribution >= 0.6 is 0 Å². The lowest BCUT2D eigenvalue weighted by atomic mass is 9.99. The number of aryl methyl sites for hydroxylation is 1. The number of hydrogen-bond acceptors (Lipinski definition) is 2. The number of benzene rings is 1. The Morgan fingerprint density at radius 2 is 2.05 bits per heavy atom. The van der Waals surface area contributed by atoms with Gasteiger partial charge in [0.15, 0.2) is 0 Å². The van der Waals surface area contributed by atoms with Crippen LogP contribution in [0.3, 0.4) is 0 Å². The number of carbonyl (C=O) groups is 2. The van der Waals surface area contributed by atoms with E-state index in [0.29, 0.717) is 6.42 Å². The molecule has 0 saturated carbocycles. The lowest BCUT2D eigenvalue weighted by molar-refractivity contribution is -0.138. The first-order chi connectivity index (χ1) is 9.08. The van der Waals surface area contributed by atoms with Gasteiger partial charge in [0.2, 0.25) is 5.91 Å². The highest BCUT2D eigenvalue weighted by atomic mass is 16.4. The Morgan fingerprint density at radius 3 is 2.79 bits per heavy atom. The average Bonchev–Trinajstić information content (AvgIpc) is 2.36. The van der Waals surface area contributed by atoms with E-state index >= 15 is 0 Å². The van der Waals surface area contributed by atoms with Crippen molar-refractivity contribution in [3.8, 4) is 0 Å². The van der Waals surface area contributed by atoms with Crippen molar-refractivity contribution >= 4 is 17.6 Å². The Kier molecular flexibility index (Phi) is 4.20. The summed E-state index contributed by atoms with van der Waals surface area (Å²) in [6.07, 6.45) is 2.31. The maximum Gasteiger partial charge on any atom is 0.303 e. The first-order valence-corrected chi connectivity index (χ1v) is 6.68. The van der Waals surface area contributed by atoms with Gasteiger partial charge in [0.1, 0.15) is 0 Å². The maximum absolute atomic E-state index is 12.3. The predicted octanol–water partition coefficient (Wildman–Crippen LogP) is 2.47. The van der Waals surface area contributed by atoms with Crippen molar-refractivity contribution in [1.82, 2.24) is 0 Å². The summed E-state index contributed by atoms with van der Waals surface area (Å²) in [5.41, 5.74) is 2.19. The summed E-state index contributed by atoms with van der Waals surface area (Å²) in [6.45, 7) is 2.54. The monoisotopic (exact) mass is 261 g/mol. The van der Waals surface area contributed by atoms with Gasteiger partial charge in [-0.15, -0.1) is 0 Å². The molecule has 1 N–H and O–H groups in total. The number of hydrogen-bond donors (Lipinski definition) is 1. The molecular weight excluding hydrogens is 242 g/mol. The van der Waals surface area contributed by atoms with Gasteiger partial charge in [-0.1, -0.05) is 25.1 Å². The fourth-order valence-electron chi connectivity index (χ4n) is 2.57. The lowest BCUT2D eigenvalue weighted by Crippen LogP contribution is -2.36. The van der Waals surface area contributed by atoms with E-state index in [1.807, 2.05) is 25.1 Å². The Labute approximate surface area is 113 Å². The highest BCUT2D eigenvalue weighted by molar-refractivity contribution is 5.94. The zero-order valence-corrected chi connectivity index (χ0v) is 11.1. The molecule has 1 aliphatic heterocycles. The van der Waals surface area contributed by atoms with E-state index in [1.54, 1.807) is 4.90 Å². The van der Waals surface area contributed by atoms with Gasteiger partial charge in [-0.05, 0) is 30.4 Å². The molecule has 102 valence electrons. The third kappa shape index (κ3) is 3.34. The molecular formula is C15H19NO3. The molecule has 1 heterocycles. The molecule has 1 aromatic rings. The second-order valence-electron chi connectivity index (χ2n) is 5.18. The van der Waals surface area contributed by atoms with E-state index < -0.39 is 5.97 Å². The van der Waals surface area contributed by atoms with Crippen LogP contribution in [0.4, 0.5) is 5.69 Å². The number of fused-ring (bicyclic) bond motifs is 1. The minimum Gasteiger partial charge on any atom is -0.481 e. The topological polar surface area (TPSA) is 57.6 Å². The molecule has 0 saturated heterocycles. The quantitative estimate of drug-likeness (QED) is 0.905. The van der Waals surface area contributed by atoms with Crippen LogP contribution in [-0.2, 0) is 16.0 Å². The minimum absolute atomic E-state index is 0.0286. The van der Waals surface area contributed by atoms with Gasteiger partial charge < -0.3 is 10.0 Å². The summed E-state index contributed by atoms with van der Waals surface area (Å²) in [6, 6.07) is 7.94. The molecule has 0 spiro atoms. The molecule has 1 atom stereocenters. The third-order valence-electron chi connectivity index (χ3n) is 3.46. The number of anilines is 1. The molecule has 19 heavy (non-hydrogen) atoms. The van der Waals surface area contributed by atoms with Crippen LogP contribution in [0.25, 0.3) is 0 Å². The zero-order valence-electron chi connectivity index (χ0n) is 11.1. The smallest absolute Gasteiger partial charge is 0.303 e. The van der Waals surface area contributed by atoms with Crippen molar-refractivity contribution in [2.45, 2.75) is 32.6 Å². The van der Waals surface area contributed by atoms with Gasteiger partial charge in [-0.25, -0.2) is 0 Å². The minimum atomic E-state index is -0.848. The number of para-hydroxylation sites is 1. The van der Waals surface area contributed by atoms with Crippen LogP contribution in [-0.4, -0.2) is 23.5 Å². The van der Waals surface area contributed by atoms with Crippen molar-refractivity contribution in [2.24, 2.45) is 5.92 Å². The summed E-state index contributed by atoms with van der Waals surface area (Å²) >= 11 is 0. The molecule has 1 unspecified atom stereocenters. The van der Waals surface area contributed by atoms with Crippen molar-refractivity contribution in [1.29, 1.82) is 0 Å². The average molecular weight is 261 g/mol. The third-order valence-corrected chi connectivity index (χ3v) is 3.46. The standard InChI is InChI=1S/C15H19NO3/c1-11(10-15(18)19)9-14(17)16-8-4-6-12-5-2-3-7-13(12)16/h2-3,5,7,11H,4,6,8-10H2,1H3,(H,18,19). The first kappa shape index (κ1) is 13.6. The molecule has 1 aliphatic rings.